The van der Waals surface area contributed by atoms with Crippen molar-refractivity contribution in [2.75, 3.05) is 9.80 Å². The standard InChI is InChI=1S/C62H38N10OS/c1-5-23-57-52(19-1)72(53-20-2-6-24-58(53)73-57)56-34-42(71-54-21-3-7-25-59(54)74-60-26-8-4-22-55(60)71)33-43-44(56)31-41(61-67-48(39-15-13-27-63-37-39)35-50(69-61)46-17-9-11-29-65-46)32-45(43)62-68-49(40-16-14-28-64-38-40)36-51(70-62)47-18-10-12-30-66-47/h1-38H. The number of fused-ring (bicyclic) bond motifs is 5. The van der Waals surface area contributed by atoms with E-state index < -0.39 is 0 Å². The van der Waals surface area contributed by atoms with Gasteiger partial charge in [0.15, 0.2) is 23.1 Å². The highest BCUT2D eigenvalue weighted by atomic mass is 32.2. The first-order chi connectivity index (χ1) is 36.7. The molecule has 0 amide bonds. The van der Waals surface area contributed by atoms with Gasteiger partial charge in [-0.2, -0.15) is 0 Å². The lowest BCUT2D eigenvalue weighted by molar-refractivity contribution is 0.477. The van der Waals surface area contributed by atoms with E-state index in [0.29, 0.717) is 45.8 Å². The first-order valence-electron chi connectivity index (χ1n) is 24.0. The number of nitrogens with zero attached hydrogens (tertiary/aromatic N) is 10. The van der Waals surface area contributed by atoms with Crippen molar-refractivity contribution >= 4 is 56.7 Å². The summed E-state index contributed by atoms with van der Waals surface area (Å²) in [4.78, 5) is 47.1. The van der Waals surface area contributed by atoms with E-state index in [1.807, 2.05) is 122 Å². The van der Waals surface area contributed by atoms with Crippen LogP contribution in [0.15, 0.2) is 241 Å². The molecule has 0 spiro atoms. The molecule has 11 nitrogen and oxygen atoms in total. The number of pyridine rings is 4. The SMILES string of the molecule is c1ccc(-c2cc(-c3cccnc3)nc(-c3cc(-c4nc(-c5cccnc5)cc(-c5ccccn5)n4)c4cc(N5c6ccccc6Sc6ccccc65)cc(N5c6ccccc6Oc6ccccc65)c4c3)n2)nc1. The fourth-order valence-corrected chi connectivity index (χ4v) is 10.8. The van der Waals surface area contributed by atoms with Crippen molar-refractivity contribution in [2.24, 2.45) is 0 Å². The molecule has 0 saturated heterocycles. The topological polar surface area (TPSA) is 119 Å². The number of hydrogen-bond donors (Lipinski definition) is 0. The van der Waals surface area contributed by atoms with Gasteiger partial charge in [-0.05, 0) is 139 Å². The zero-order valence-electron chi connectivity index (χ0n) is 39.2. The van der Waals surface area contributed by atoms with Gasteiger partial charge in [0.25, 0.3) is 0 Å². The lowest BCUT2D eigenvalue weighted by Gasteiger charge is -2.36. The van der Waals surface area contributed by atoms with Gasteiger partial charge in [-0.1, -0.05) is 72.4 Å². The second kappa shape index (κ2) is 18.0. The van der Waals surface area contributed by atoms with Crippen LogP contribution in [0.5, 0.6) is 11.5 Å². The third-order valence-corrected chi connectivity index (χ3v) is 14.2. The maximum Gasteiger partial charge on any atom is 0.161 e. The van der Waals surface area contributed by atoms with Crippen molar-refractivity contribution < 1.29 is 4.74 Å². The molecule has 12 aromatic rings. The molecule has 2 aliphatic heterocycles. The molecular weight excluding hydrogens is 933 g/mol. The van der Waals surface area contributed by atoms with Crippen LogP contribution < -0.4 is 14.5 Å². The highest BCUT2D eigenvalue weighted by molar-refractivity contribution is 7.99. The molecule has 0 unspecified atom stereocenters. The van der Waals surface area contributed by atoms with E-state index in [1.165, 1.54) is 0 Å². The van der Waals surface area contributed by atoms with Crippen LogP contribution >= 0.6 is 11.8 Å². The van der Waals surface area contributed by atoms with Gasteiger partial charge in [0.05, 0.1) is 62.6 Å². The van der Waals surface area contributed by atoms with E-state index in [2.05, 4.69) is 105 Å². The van der Waals surface area contributed by atoms with Crippen LogP contribution in [-0.4, -0.2) is 39.9 Å². The Morgan fingerprint density at radius 1 is 0.351 bits per heavy atom. The Morgan fingerprint density at radius 2 is 0.878 bits per heavy atom. The zero-order chi connectivity index (χ0) is 49.0. The Bertz CT molecular complexity index is 3900. The highest BCUT2D eigenvalue weighted by Crippen LogP contribution is 2.56. The molecular formula is C62H38N10OS. The van der Waals surface area contributed by atoms with Gasteiger partial charge in [-0.3, -0.25) is 19.9 Å². The van der Waals surface area contributed by atoms with Crippen LogP contribution in [0.25, 0.3) is 78.8 Å². The van der Waals surface area contributed by atoms with Crippen LogP contribution in [0.2, 0.25) is 0 Å². The molecule has 8 heterocycles. The summed E-state index contributed by atoms with van der Waals surface area (Å²) in [6.07, 6.45) is 10.7. The number of para-hydroxylation sites is 6. The number of ether oxygens (including phenoxy) is 1. The summed E-state index contributed by atoms with van der Waals surface area (Å²) >= 11 is 1.77. The lowest BCUT2D eigenvalue weighted by atomic mass is 9.95. The molecule has 0 fully saturated rings. The Labute approximate surface area is 429 Å². The van der Waals surface area contributed by atoms with E-state index in [0.717, 1.165) is 88.4 Å². The van der Waals surface area contributed by atoms with Gasteiger partial charge in [0.1, 0.15) is 0 Å². The van der Waals surface area contributed by atoms with Crippen molar-refractivity contribution in [2.45, 2.75) is 9.79 Å². The quantitative estimate of drug-likeness (QED) is 0.144. The summed E-state index contributed by atoms with van der Waals surface area (Å²) in [5.41, 5.74) is 13.0. The van der Waals surface area contributed by atoms with E-state index in [1.54, 1.807) is 36.5 Å². The predicted octanol–water partition coefficient (Wildman–Crippen LogP) is 15.5. The number of anilines is 6. The Balaban J connectivity index is 1.13. The second-order valence-electron chi connectivity index (χ2n) is 17.7. The summed E-state index contributed by atoms with van der Waals surface area (Å²) in [5.74, 6) is 2.42. The Morgan fingerprint density at radius 3 is 1.45 bits per heavy atom. The minimum Gasteiger partial charge on any atom is -0.453 e. The summed E-state index contributed by atoms with van der Waals surface area (Å²) in [7, 11) is 0. The number of rotatable bonds is 8. The van der Waals surface area contributed by atoms with Crippen molar-refractivity contribution in [3.8, 4) is 79.6 Å². The molecule has 14 rings (SSSR count). The highest BCUT2D eigenvalue weighted by Gasteiger charge is 2.31. The minimum absolute atomic E-state index is 0.480. The summed E-state index contributed by atoms with van der Waals surface area (Å²) < 4.78 is 6.67. The fourth-order valence-electron chi connectivity index (χ4n) is 9.76. The zero-order valence-corrected chi connectivity index (χ0v) is 40.0. The van der Waals surface area contributed by atoms with Gasteiger partial charge >= 0.3 is 0 Å². The number of benzene rings is 6. The molecule has 0 aliphatic carbocycles. The molecule has 12 heteroatoms. The number of aromatic nitrogens is 8. The van der Waals surface area contributed by atoms with Crippen LogP contribution in [0.4, 0.5) is 34.1 Å². The first kappa shape index (κ1) is 42.9. The average Bonchev–Trinajstić information content (AvgIpc) is 3.48. The molecule has 2 aliphatic rings. The maximum absolute atomic E-state index is 6.67. The third-order valence-electron chi connectivity index (χ3n) is 13.1. The Kier molecular flexibility index (Phi) is 10.5. The Hall–Kier alpha value is -9.91. The van der Waals surface area contributed by atoms with E-state index in [4.69, 9.17) is 34.6 Å². The van der Waals surface area contributed by atoms with Gasteiger partial charge in [0, 0.05) is 80.3 Å². The average molecular weight is 971 g/mol. The van der Waals surface area contributed by atoms with Crippen molar-refractivity contribution in [1.82, 2.24) is 39.9 Å². The van der Waals surface area contributed by atoms with E-state index in [9.17, 15) is 0 Å². The molecule has 0 saturated carbocycles. The molecule has 0 atom stereocenters. The molecule has 6 aromatic heterocycles. The molecule has 0 radical (unpaired) electrons. The van der Waals surface area contributed by atoms with Gasteiger partial charge < -0.3 is 14.5 Å². The first-order valence-corrected chi connectivity index (χ1v) is 24.8. The second-order valence-corrected chi connectivity index (χ2v) is 18.8. The van der Waals surface area contributed by atoms with Crippen LogP contribution in [0, 0.1) is 0 Å². The lowest BCUT2D eigenvalue weighted by Crippen LogP contribution is -2.18. The van der Waals surface area contributed by atoms with Gasteiger partial charge in [-0.15, -0.1) is 0 Å². The summed E-state index contributed by atoms with van der Waals surface area (Å²) in [6, 6.07) is 65.9. The maximum atomic E-state index is 6.67. The summed E-state index contributed by atoms with van der Waals surface area (Å²) in [6.45, 7) is 0. The largest absolute Gasteiger partial charge is 0.453 e. The van der Waals surface area contributed by atoms with Crippen molar-refractivity contribution in [1.29, 1.82) is 0 Å². The molecule has 348 valence electrons. The minimum atomic E-state index is 0.480. The van der Waals surface area contributed by atoms with Crippen LogP contribution in [0.3, 0.4) is 0 Å². The normalized spacial score (nSPS) is 12.3. The van der Waals surface area contributed by atoms with Crippen LogP contribution in [0.1, 0.15) is 0 Å². The summed E-state index contributed by atoms with van der Waals surface area (Å²) in [5, 5.41) is 1.78. The van der Waals surface area contributed by atoms with E-state index in [-0.39, 0.29) is 0 Å². The van der Waals surface area contributed by atoms with Crippen molar-refractivity contribution in [3.63, 3.8) is 0 Å². The fraction of sp³-hybridized carbons (Fsp3) is 0. The monoisotopic (exact) mass is 970 g/mol. The smallest absolute Gasteiger partial charge is 0.161 e. The predicted molar refractivity (Wildman–Crippen MR) is 292 cm³/mol. The molecule has 0 N–H and O–H groups in total. The van der Waals surface area contributed by atoms with E-state index >= 15 is 0 Å². The molecule has 74 heavy (non-hydrogen) atoms. The molecule has 6 aromatic carbocycles. The van der Waals surface area contributed by atoms with Gasteiger partial charge in [0.2, 0.25) is 0 Å². The van der Waals surface area contributed by atoms with Gasteiger partial charge in [-0.25, -0.2) is 19.9 Å². The third kappa shape index (κ3) is 7.65. The number of hydrogen-bond acceptors (Lipinski definition) is 12. The van der Waals surface area contributed by atoms with Crippen molar-refractivity contribution in [3.05, 3.63) is 231 Å². The molecule has 0 bridgehead atoms. The van der Waals surface area contributed by atoms with Crippen LogP contribution in [-0.2, 0) is 0 Å².